The van der Waals surface area contributed by atoms with Gasteiger partial charge in [-0.15, -0.1) is 0 Å². The van der Waals surface area contributed by atoms with E-state index in [2.05, 4.69) is 15.2 Å². The van der Waals surface area contributed by atoms with Crippen LogP contribution < -0.4 is 14.8 Å². The van der Waals surface area contributed by atoms with Gasteiger partial charge in [0.25, 0.3) is 5.91 Å². The molecule has 30 heavy (non-hydrogen) atoms. The summed E-state index contributed by atoms with van der Waals surface area (Å²) in [6.45, 7) is -3.04. The molecule has 0 fully saturated rings. The average Bonchev–Trinajstić information content (AvgIpc) is 3.31. The fourth-order valence-electron chi connectivity index (χ4n) is 3.58. The number of benzene rings is 2. The van der Waals surface area contributed by atoms with E-state index in [1.165, 1.54) is 36.1 Å². The van der Waals surface area contributed by atoms with Gasteiger partial charge >= 0.3 is 6.61 Å². The number of halogens is 3. The van der Waals surface area contributed by atoms with Crippen LogP contribution in [-0.2, 0) is 12.8 Å². The molecular weight excluding hydrogens is 399 g/mol. The normalized spacial score (nSPS) is 12.7. The van der Waals surface area contributed by atoms with E-state index in [1.54, 1.807) is 18.2 Å². The van der Waals surface area contributed by atoms with E-state index in [4.69, 9.17) is 4.74 Å². The number of carbonyl (C=O) groups is 1. The lowest BCUT2D eigenvalue weighted by atomic mass is 10.2. The van der Waals surface area contributed by atoms with E-state index in [-0.39, 0.29) is 28.6 Å². The van der Waals surface area contributed by atoms with Gasteiger partial charge in [-0.3, -0.25) is 4.79 Å². The van der Waals surface area contributed by atoms with Crippen LogP contribution in [0.3, 0.4) is 0 Å². The molecule has 0 radical (unpaired) electrons. The maximum atomic E-state index is 14.3. The molecule has 1 heterocycles. The van der Waals surface area contributed by atoms with Crippen LogP contribution in [0.15, 0.2) is 42.5 Å². The second-order valence-corrected chi connectivity index (χ2v) is 6.69. The Labute approximate surface area is 170 Å². The van der Waals surface area contributed by atoms with Gasteiger partial charge in [-0.05, 0) is 43.5 Å². The monoisotopic (exact) mass is 417 g/mol. The van der Waals surface area contributed by atoms with E-state index in [0.717, 1.165) is 17.7 Å². The summed E-state index contributed by atoms with van der Waals surface area (Å²) >= 11 is 0. The topological polar surface area (TPSA) is 65.4 Å². The third kappa shape index (κ3) is 3.70. The highest BCUT2D eigenvalue weighted by Gasteiger charge is 2.28. The third-order valence-corrected chi connectivity index (χ3v) is 4.86. The van der Waals surface area contributed by atoms with Gasteiger partial charge in [-0.1, -0.05) is 12.1 Å². The first-order valence-corrected chi connectivity index (χ1v) is 9.28. The van der Waals surface area contributed by atoms with Crippen molar-refractivity contribution >= 4 is 11.6 Å². The molecule has 6 nitrogen and oxygen atoms in total. The van der Waals surface area contributed by atoms with Crippen molar-refractivity contribution in [2.24, 2.45) is 0 Å². The number of para-hydroxylation sites is 1. The van der Waals surface area contributed by atoms with Crippen LogP contribution in [0.2, 0.25) is 0 Å². The van der Waals surface area contributed by atoms with E-state index in [1.807, 2.05) is 0 Å². The van der Waals surface area contributed by atoms with Gasteiger partial charge in [-0.25, -0.2) is 9.07 Å². The average molecular weight is 417 g/mol. The van der Waals surface area contributed by atoms with E-state index >= 15 is 0 Å². The molecule has 2 aromatic carbocycles. The molecule has 1 N–H and O–H groups in total. The van der Waals surface area contributed by atoms with E-state index in [9.17, 15) is 18.0 Å². The fraction of sp³-hybridized carbons (Fsp3) is 0.238. The summed E-state index contributed by atoms with van der Waals surface area (Å²) in [6, 6.07) is 10.4. The number of fused-ring (bicyclic) bond motifs is 1. The summed E-state index contributed by atoms with van der Waals surface area (Å²) in [5, 5.41) is 7.00. The summed E-state index contributed by atoms with van der Waals surface area (Å²) in [5.41, 5.74) is 2.24. The number of rotatable bonds is 6. The van der Waals surface area contributed by atoms with Gasteiger partial charge in [0, 0.05) is 23.0 Å². The number of nitrogens with one attached hydrogen (secondary N) is 1. The molecule has 0 spiro atoms. The molecule has 0 aliphatic heterocycles. The number of carbonyl (C=O) groups excluding carboxylic acids is 1. The highest BCUT2D eigenvalue weighted by molar-refractivity contribution is 6.04. The van der Waals surface area contributed by atoms with Gasteiger partial charge in [0.05, 0.1) is 7.11 Å². The zero-order valence-electron chi connectivity index (χ0n) is 16.0. The number of methoxy groups -OCH3 is 1. The number of hydrogen-bond acceptors (Lipinski definition) is 4. The molecule has 3 aromatic rings. The first kappa shape index (κ1) is 19.8. The second kappa shape index (κ2) is 8.10. The number of anilines is 1. The SMILES string of the molecule is COc1ccc(NC(=O)c2nn(-c3ccccc3F)c3c2CCC3)cc1OC(F)F. The third-order valence-electron chi connectivity index (χ3n) is 4.86. The number of alkyl halides is 2. The van der Waals surface area contributed by atoms with E-state index in [0.29, 0.717) is 12.8 Å². The Bertz CT molecular complexity index is 1100. The molecule has 0 saturated heterocycles. The summed E-state index contributed by atoms with van der Waals surface area (Å²) < 4.78 is 50.4. The Hall–Kier alpha value is -3.49. The number of nitrogens with zero attached hydrogens (tertiary/aromatic N) is 2. The van der Waals surface area contributed by atoms with Crippen molar-refractivity contribution in [3.05, 3.63) is 65.2 Å². The highest BCUT2D eigenvalue weighted by Crippen LogP contribution is 2.33. The lowest BCUT2D eigenvalue weighted by Crippen LogP contribution is -2.15. The first-order chi connectivity index (χ1) is 14.5. The molecule has 0 bridgehead atoms. The van der Waals surface area contributed by atoms with Crippen molar-refractivity contribution in [1.82, 2.24) is 9.78 Å². The van der Waals surface area contributed by atoms with E-state index < -0.39 is 18.3 Å². The van der Waals surface area contributed by atoms with Crippen LogP contribution in [-0.4, -0.2) is 29.4 Å². The van der Waals surface area contributed by atoms with Gasteiger partial charge in [0.2, 0.25) is 0 Å². The summed E-state index contributed by atoms with van der Waals surface area (Å²) in [4.78, 5) is 12.9. The van der Waals surface area contributed by atoms with Crippen molar-refractivity contribution in [3.8, 4) is 17.2 Å². The Morgan fingerprint density at radius 3 is 2.70 bits per heavy atom. The maximum absolute atomic E-state index is 14.3. The summed E-state index contributed by atoms with van der Waals surface area (Å²) in [6.07, 6.45) is 2.16. The molecule has 1 amide bonds. The van der Waals surface area contributed by atoms with Crippen LogP contribution in [0.25, 0.3) is 5.69 Å². The molecule has 0 unspecified atom stereocenters. The Balaban J connectivity index is 1.65. The lowest BCUT2D eigenvalue weighted by molar-refractivity contribution is -0.0511. The Morgan fingerprint density at radius 1 is 1.17 bits per heavy atom. The van der Waals surface area contributed by atoms with Gasteiger partial charge in [-0.2, -0.15) is 13.9 Å². The molecule has 1 aliphatic rings. The smallest absolute Gasteiger partial charge is 0.387 e. The lowest BCUT2D eigenvalue weighted by Gasteiger charge is -2.12. The van der Waals surface area contributed by atoms with Gasteiger partial charge in [0.15, 0.2) is 17.2 Å². The minimum absolute atomic E-state index is 0.109. The molecule has 4 rings (SSSR count). The number of hydrogen-bond donors (Lipinski definition) is 1. The quantitative estimate of drug-likeness (QED) is 0.647. The molecule has 0 saturated carbocycles. The van der Waals surface area contributed by atoms with Crippen molar-refractivity contribution in [2.75, 3.05) is 12.4 Å². The van der Waals surface area contributed by atoms with Crippen molar-refractivity contribution < 1.29 is 27.4 Å². The summed E-state index contributed by atoms with van der Waals surface area (Å²) in [5.74, 6) is -1.05. The van der Waals surface area contributed by atoms with Gasteiger partial charge < -0.3 is 14.8 Å². The van der Waals surface area contributed by atoms with Crippen LogP contribution in [0, 0.1) is 5.82 Å². The van der Waals surface area contributed by atoms with Crippen LogP contribution >= 0.6 is 0 Å². The second-order valence-electron chi connectivity index (χ2n) is 6.69. The predicted octanol–water partition coefficient (Wildman–Crippen LogP) is 4.36. The molecule has 156 valence electrons. The molecule has 1 aromatic heterocycles. The zero-order chi connectivity index (χ0) is 21.3. The minimum atomic E-state index is -3.04. The molecule has 0 atom stereocenters. The maximum Gasteiger partial charge on any atom is 0.387 e. The number of ether oxygens (including phenoxy) is 2. The zero-order valence-corrected chi connectivity index (χ0v) is 16.0. The minimum Gasteiger partial charge on any atom is -0.493 e. The standard InChI is InChI=1S/C21H18F3N3O3/c1-29-17-10-9-12(11-18(17)30-21(23)24)25-20(28)19-13-5-4-8-15(13)27(26-19)16-7-3-2-6-14(16)22/h2-3,6-7,9-11,21H,4-5,8H2,1H3,(H,25,28). The highest BCUT2D eigenvalue weighted by atomic mass is 19.3. The number of amides is 1. The first-order valence-electron chi connectivity index (χ1n) is 9.28. The molecule has 1 aliphatic carbocycles. The van der Waals surface area contributed by atoms with Crippen LogP contribution in [0.4, 0.5) is 18.9 Å². The summed E-state index contributed by atoms with van der Waals surface area (Å²) in [7, 11) is 1.32. The largest absolute Gasteiger partial charge is 0.493 e. The Kier molecular flexibility index (Phi) is 5.35. The number of aromatic nitrogens is 2. The Morgan fingerprint density at radius 2 is 1.97 bits per heavy atom. The molecular formula is C21H18F3N3O3. The van der Waals surface area contributed by atoms with Crippen molar-refractivity contribution in [3.63, 3.8) is 0 Å². The van der Waals surface area contributed by atoms with Crippen molar-refractivity contribution in [1.29, 1.82) is 0 Å². The van der Waals surface area contributed by atoms with Gasteiger partial charge in [0.1, 0.15) is 11.5 Å². The molecule has 9 heteroatoms. The predicted molar refractivity (Wildman–Crippen MR) is 103 cm³/mol. The van der Waals surface area contributed by atoms with Crippen LogP contribution in [0.1, 0.15) is 28.2 Å². The van der Waals surface area contributed by atoms with Crippen molar-refractivity contribution in [2.45, 2.75) is 25.9 Å². The van der Waals surface area contributed by atoms with Crippen LogP contribution in [0.5, 0.6) is 11.5 Å². The fourth-order valence-corrected chi connectivity index (χ4v) is 3.58.